The molecule has 9 heteroatoms. The lowest BCUT2D eigenvalue weighted by atomic mass is 10.0. The maximum absolute atomic E-state index is 13.0. The quantitative estimate of drug-likeness (QED) is 0.0318. The fourth-order valence-corrected chi connectivity index (χ4v) is 10.5. The number of nitrogens with zero attached hydrogens (tertiary/aromatic N) is 1. The molecule has 0 spiro atoms. The van der Waals surface area contributed by atoms with Gasteiger partial charge in [0.2, 0.25) is 5.91 Å². The Morgan fingerprint density at radius 3 is 0.971 bits per heavy atom. The summed E-state index contributed by atoms with van der Waals surface area (Å²) in [5.41, 5.74) is 0. The number of quaternary nitrogens is 1. The average Bonchev–Trinajstić information content (AvgIpc) is 3.31. The van der Waals surface area contributed by atoms with Crippen molar-refractivity contribution in [3.8, 4) is 0 Å². The van der Waals surface area contributed by atoms with Crippen LogP contribution in [-0.2, 0) is 18.4 Å². The highest BCUT2D eigenvalue weighted by Gasteiger charge is 2.28. The van der Waals surface area contributed by atoms with E-state index < -0.39 is 20.0 Å². The molecule has 0 aliphatic heterocycles. The van der Waals surface area contributed by atoms with Crippen LogP contribution in [0.4, 0.5) is 0 Å². The van der Waals surface area contributed by atoms with Gasteiger partial charge in [-0.2, -0.15) is 0 Å². The second-order valence-corrected chi connectivity index (χ2v) is 24.3. The van der Waals surface area contributed by atoms with Crippen LogP contribution in [0.2, 0.25) is 0 Å². The van der Waals surface area contributed by atoms with Crippen LogP contribution in [0.15, 0.2) is 0 Å². The van der Waals surface area contributed by atoms with Crippen molar-refractivity contribution in [3.63, 3.8) is 0 Å². The first-order chi connectivity index (χ1) is 33.5. The summed E-state index contributed by atoms with van der Waals surface area (Å²) in [5.74, 6) is -0.137. The number of rotatable bonds is 58. The number of carbonyl (C=O) groups is 1. The first kappa shape index (κ1) is 68.5. The number of nitrogens with one attached hydrogen (secondary N) is 1. The summed E-state index contributed by atoms with van der Waals surface area (Å²) in [7, 11) is 1.63. The SMILES string of the molecule is CCCCCCCCCCCCCCCCCCCCCCCCCCCCCCCCCCCCCC(=O)NC(COP(=O)(O)OCC[N+](C)(C)C)C(O)CCCCCCCCCCCCCC. The Kier molecular flexibility index (Phi) is 52.0. The number of amides is 1. The number of aliphatic hydroxyl groups is 1. The molecule has 0 rings (SSSR count). The van der Waals surface area contributed by atoms with Crippen molar-refractivity contribution in [2.75, 3.05) is 40.9 Å². The zero-order chi connectivity index (χ0) is 50.6. The van der Waals surface area contributed by atoms with Crippen LogP contribution in [0.3, 0.4) is 0 Å². The summed E-state index contributed by atoms with van der Waals surface area (Å²) in [6.45, 7) is 4.93. The monoisotopic (exact) mass is 1000 g/mol. The number of unbranched alkanes of at least 4 members (excludes halogenated alkanes) is 45. The van der Waals surface area contributed by atoms with Crippen LogP contribution in [-0.4, -0.2) is 73.4 Å². The van der Waals surface area contributed by atoms with Crippen molar-refractivity contribution in [2.24, 2.45) is 0 Å². The number of hydrogen-bond acceptors (Lipinski definition) is 5. The summed E-state index contributed by atoms with van der Waals surface area (Å²) in [4.78, 5) is 23.3. The molecule has 0 radical (unpaired) electrons. The topological polar surface area (TPSA) is 105 Å². The van der Waals surface area contributed by atoms with Gasteiger partial charge >= 0.3 is 7.82 Å². The third-order valence-electron chi connectivity index (χ3n) is 14.6. The van der Waals surface area contributed by atoms with Crippen LogP contribution >= 0.6 is 7.82 Å². The first-order valence-corrected chi connectivity index (χ1v) is 32.4. The number of likely N-dealkylation sites (N-methyl/N-ethyl adjacent to an activating group) is 1. The van der Waals surface area contributed by atoms with Gasteiger partial charge < -0.3 is 19.8 Å². The maximum atomic E-state index is 13.0. The van der Waals surface area contributed by atoms with E-state index in [2.05, 4.69) is 19.2 Å². The van der Waals surface area contributed by atoms with Crippen LogP contribution in [0.5, 0.6) is 0 Å². The molecule has 3 unspecified atom stereocenters. The van der Waals surface area contributed by atoms with Crippen molar-refractivity contribution in [3.05, 3.63) is 0 Å². The molecular weight excluding hydrogens is 876 g/mol. The number of phosphoric ester groups is 1. The van der Waals surface area contributed by atoms with Crippen molar-refractivity contribution in [1.82, 2.24) is 5.32 Å². The summed E-state index contributed by atoms with van der Waals surface area (Å²) in [6, 6.07) is -0.754. The van der Waals surface area contributed by atoms with Crippen molar-refractivity contribution in [2.45, 2.75) is 341 Å². The van der Waals surface area contributed by atoms with E-state index in [1.165, 1.54) is 263 Å². The fraction of sp³-hybridized carbons (Fsp3) is 0.983. The average molecular weight is 1000 g/mol. The minimum Gasteiger partial charge on any atom is -0.391 e. The summed E-state index contributed by atoms with van der Waals surface area (Å²) in [5, 5.41) is 14.0. The molecule has 0 aliphatic rings. The molecule has 0 bridgehead atoms. The van der Waals surface area contributed by atoms with E-state index in [0.717, 1.165) is 38.5 Å². The van der Waals surface area contributed by atoms with Crippen molar-refractivity contribution >= 4 is 13.7 Å². The van der Waals surface area contributed by atoms with Crippen molar-refractivity contribution < 1.29 is 32.9 Å². The molecule has 8 nitrogen and oxygen atoms in total. The Morgan fingerprint density at radius 1 is 0.435 bits per heavy atom. The fourth-order valence-electron chi connectivity index (χ4n) is 9.76. The van der Waals surface area contributed by atoms with Crippen LogP contribution in [0.25, 0.3) is 0 Å². The van der Waals surface area contributed by atoms with Gasteiger partial charge in [-0.05, 0) is 12.8 Å². The number of carbonyl (C=O) groups excluding carboxylic acids is 1. The lowest BCUT2D eigenvalue weighted by Gasteiger charge is -2.26. The van der Waals surface area contributed by atoms with Gasteiger partial charge in [-0.3, -0.25) is 13.8 Å². The molecule has 0 aromatic rings. The predicted octanol–water partition coefficient (Wildman–Crippen LogP) is 18.8. The van der Waals surface area contributed by atoms with Gasteiger partial charge in [-0.25, -0.2) is 4.57 Å². The largest absolute Gasteiger partial charge is 0.472 e. The lowest BCUT2D eigenvalue weighted by molar-refractivity contribution is -0.870. The van der Waals surface area contributed by atoms with Gasteiger partial charge in [0.05, 0.1) is 39.9 Å². The highest BCUT2D eigenvalue weighted by molar-refractivity contribution is 7.47. The molecule has 0 heterocycles. The van der Waals surface area contributed by atoms with Gasteiger partial charge in [0, 0.05) is 6.42 Å². The second kappa shape index (κ2) is 52.4. The molecule has 0 saturated heterocycles. The highest BCUT2D eigenvalue weighted by atomic mass is 31.2. The molecule has 0 aromatic carbocycles. The number of hydrogen-bond donors (Lipinski definition) is 3. The van der Waals surface area contributed by atoms with Crippen LogP contribution < -0.4 is 5.32 Å². The maximum Gasteiger partial charge on any atom is 0.472 e. The van der Waals surface area contributed by atoms with E-state index in [9.17, 15) is 19.4 Å². The molecule has 0 fully saturated rings. The molecular formula is C60H124N2O6P+. The molecule has 414 valence electrons. The molecule has 3 N–H and O–H groups in total. The third-order valence-corrected chi connectivity index (χ3v) is 15.6. The van der Waals surface area contributed by atoms with E-state index in [4.69, 9.17) is 9.05 Å². The minimum atomic E-state index is -4.31. The third kappa shape index (κ3) is 55.1. The van der Waals surface area contributed by atoms with Gasteiger partial charge in [0.15, 0.2) is 0 Å². The molecule has 0 saturated carbocycles. The zero-order valence-electron chi connectivity index (χ0n) is 47.3. The summed E-state index contributed by atoms with van der Waals surface area (Å²) in [6.07, 6.45) is 63.4. The molecule has 3 atom stereocenters. The smallest absolute Gasteiger partial charge is 0.391 e. The summed E-state index contributed by atoms with van der Waals surface area (Å²) >= 11 is 0. The Bertz CT molecular complexity index is 1090. The van der Waals surface area contributed by atoms with Crippen LogP contribution in [0, 0.1) is 0 Å². The Balaban J connectivity index is 3.85. The van der Waals surface area contributed by atoms with Gasteiger partial charge in [-0.1, -0.05) is 309 Å². The first-order valence-electron chi connectivity index (χ1n) is 30.9. The van der Waals surface area contributed by atoms with E-state index in [-0.39, 0.29) is 19.1 Å². The van der Waals surface area contributed by atoms with E-state index in [0.29, 0.717) is 23.9 Å². The normalized spacial score (nSPS) is 13.8. The molecule has 0 aliphatic carbocycles. The lowest BCUT2D eigenvalue weighted by Crippen LogP contribution is -2.46. The molecule has 69 heavy (non-hydrogen) atoms. The Labute approximate surface area is 431 Å². The minimum absolute atomic E-state index is 0.0788. The summed E-state index contributed by atoms with van der Waals surface area (Å²) < 4.78 is 23.7. The molecule has 1 amide bonds. The van der Waals surface area contributed by atoms with E-state index >= 15 is 0 Å². The van der Waals surface area contributed by atoms with Gasteiger partial charge in [-0.15, -0.1) is 0 Å². The van der Waals surface area contributed by atoms with E-state index in [1.54, 1.807) is 0 Å². The van der Waals surface area contributed by atoms with Crippen LogP contribution in [0.1, 0.15) is 328 Å². The van der Waals surface area contributed by atoms with E-state index in [1.807, 2.05) is 21.1 Å². The van der Waals surface area contributed by atoms with Gasteiger partial charge in [0.25, 0.3) is 0 Å². The second-order valence-electron chi connectivity index (χ2n) is 22.8. The highest BCUT2D eigenvalue weighted by Crippen LogP contribution is 2.43. The Morgan fingerprint density at radius 2 is 0.696 bits per heavy atom. The Hall–Kier alpha value is -0.500. The van der Waals surface area contributed by atoms with Crippen molar-refractivity contribution in [1.29, 1.82) is 0 Å². The predicted molar refractivity (Wildman–Crippen MR) is 300 cm³/mol. The standard InChI is InChI=1S/C60H123N2O6P/c1-6-8-10-12-14-16-18-20-21-22-23-24-25-26-27-28-29-30-31-32-33-34-35-36-37-38-39-40-41-42-44-46-48-50-52-54-60(64)61-58(57-68-69(65,66)67-56-55-62(3,4)5)59(63)53-51-49-47-45-43-19-17-15-13-11-9-7-2/h58-59,63H,6-57H2,1-5H3,(H-,61,64,65,66)/p+1. The number of aliphatic hydroxyl groups excluding tert-OH is 1. The molecule has 0 aromatic heterocycles. The number of phosphoric acid groups is 1. The van der Waals surface area contributed by atoms with Gasteiger partial charge in [0.1, 0.15) is 13.2 Å². The zero-order valence-corrected chi connectivity index (χ0v) is 48.2.